The van der Waals surface area contributed by atoms with Crippen molar-refractivity contribution in [3.05, 3.63) is 35.9 Å². The number of nitrogens with zero attached hydrogens (tertiary/aromatic N) is 3. The summed E-state index contributed by atoms with van der Waals surface area (Å²) in [7, 11) is 3.09. The summed E-state index contributed by atoms with van der Waals surface area (Å²) < 4.78 is 10.4. The molecule has 1 aliphatic rings. The first-order valence-corrected chi connectivity index (χ1v) is 8.72. The molecule has 0 spiro atoms. The van der Waals surface area contributed by atoms with Crippen molar-refractivity contribution >= 4 is 17.5 Å². The van der Waals surface area contributed by atoms with E-state index in [1.165, 1.54) is 12.8 Å². The van der Waals surface area contributed by atoms with Crippen LogP contribution in [0.1, 0.15) is 30.1 Å². The van der Waals surface area contributed by atoms with Gasteiger partial charge in [0.1, 0.15) is 11.5 Å². The van der Waals surface area contributed by atoms with Crippen molar-refractivity contribution in [2.24, 2.45) is 5.92 Å². The number of methoxy groups -OCH3 is 2. The van der Waals surface area contributed by atoms with E-state index in [1.54, 1.807) is 38.5 Å². The van der Waals surface area contributed by atoms with Crippen LogP contribution in [-0.4, -0.2) is 43.4 Å². The fraction of sp³-hybridized carbons (Fsp3) is 0.421. The highest BCUT2D eigenvalue weighted by molar-refractivity contribution is 6.04. The number of aromatic nitrogens is 2. The lowest BCUT2D eigenvalue weighted by Crippen LogP contribution is -2.34. The van der Waals surface area contributed by atoms with Gasteiger partial charge in [-0.25, -0.2) is 0 Å². The molecule has 26 heavy (non-hydrogen) atoms. The van der Waals surface area contributed by atoms with Gasteiger partial charge in [-0.2, -0.15) is 0 Å². The number of carbonyl (C=O) groups excluding carboxylic acids is 1. The predicted molar refractivity (Wildman–Crippen MR) is 100 cm³/mol. The van der Waals surface area contributed by atoms with Crippen LogP contribution in [0.15, 0.2) is 30.3 Å². The predicted octanol–water partition coefficient (Wildman–Crippen LogP) is 2.98. The van der Waals surface area contributed by atoms with Gasteiger partial charge in [-0.15, -0.1) is 10.2 Å². The number of hydrogen-bond acceptors (Lipinski definition) is 6. The molecule has 0 radical (unpaired) electrons. The van der Waals surface area contributed by atoms with Crippen LogP contribution in [0.4, 0.5) is 11.6 Å². The average Bonchev–Trinajstić information content (AvgIpc) is 2.68. The van der Waals surface area contributed by atoms with Gasteiger partial charge in [0.25, 0.3) is 5.91 Å². The third-order valence-corrected chi connectivity index (χ3v) is 4.49. The number of benzene rings is 1. The number of hydrogen-bond donors (Lipinski definition) is 1. The average molecular weight is 356 g/mol. The normalized spacial score (nSPS) is 16.9. The van der Waals surface area contributed by atoms with Gasteiger partial charge in [-0.1, -0.05) is 6.92 Å². The van der Waals surface area contributed by atoms with Crippen molar-refractivity contribution in [3.63, 3.8) is 0 Å². The van der Waals surface area contributed by atoms with Gasteiger partial charge < -0.3 is 19.7 Å². The Bertz CT molecular complexity index is 742. The molecule has 0 bridgehead atoms. The number of carbonyl (C=O) groups is 1. The summed E-state index contributed by atoms with van der Waals surface area (Å²) in [6.45, 7) is 4.23. The zero-order valence-corrected chi connectivity index (χ0v) is 15.4. The monoisotopic (exact) mass is 356 g/mol. The Kier molecular flexibility index (Phi) is 5.55. The third kappa shape index (κ3) is 4.22. The van der Waals surface area contributed by atoms with Crippen LogP contribution in [0.2, 0.25) is 0 Å². The summed E-state index contributed by atoms with van der Waals surface area (Å²) in [5.74, 6) is 2.72. The number of ether oxygens (including phenoxy) is 2. The molecule has 1 fully saturated rings. The molecule has 2 heterocycles. The van der Waals surface area contributed by atoms with E-state index in [1.807, 2.05) is 6.07 Å². The second kappa shape index (κ2) is 8.03. The summed E-state index contributed by atoms with van der Waals surface area (Å²) in [6.07, 6.45) is 2.42. The molecule has 1 N–H and O–H groups in total. The molecule has 1 aromatic heterocycles. The molecule has 1 saturated heterocycles. The molecule has 0 saturated carbocycles. The molecule has 2 aromatic rings. The first-order valence-electron chi connectivity index (χ1n) is 8.72. The molecule has 1 amide bonds. The van der Waals surface area contributed by atoms with E-state index in [4.69, 9.17) is 9.47 Å². The highest BCUT2D eigenvalue weighted by Gasteiger charge is 2.18. The van der Waals surface area contributed by atoms with Crippen molar-refractivity contribution in [2.75, 3.05) is 37.5 Å². The van der Waals surface area contributed by atoms with Crippen LogP contribution in [0.3, 0.4) is 0 Å². The Hall–Kier alpha value is -2.83. The van der Waals surface area contributed by atoms with E-state index < -0.39 is 0 Å². The van der Waals surface area contributed by atoms with Crippen LogP contribution in [0.5, 0.6) is 11.5 Å². The van der Waals surface area contributed by atoms with E-state index in [2.05, 4.69) is 27.3 Å². The van der Waals surface area contributed by atoms with Gasteiger partial charge >= 0.3 is 0 Å². The van der Waals surface area contributed by atoms with Gasteiger partial charge in [-0.05, 0) is 43.0 Å². The van der Waals surface area contributed by atoms with Gasteiger partial charge in [-0.3, -0.25) is 4.79 Å². The number of rotatable bonds is 5. The Morgan fingerprint density at radius 3 is 2.46 bits per heavy atom. The summed E-state index contributed by atoms with van der Waals surface area (Å²) in [5, 5.41) is 11.2. The SMILES string of the molecule is COc1cc(OC)cc(C(=O)Nc2ccc(N3CCCC(C)C3)nn2)c1. The summed E-state index contributed by atoms with van der Waals surface area (Å²) in [6, 6.07) is 8.68. The second-order valence-corrected chi connectivity index (χ2v) is 6.53. The fourth-order valence-electron chi connectivity index (χ4n) is 3.09. The topological polar surface area (TPSA) is 76.6 Å². The van der Waals surface area contributed by atoms with E-state index in [0.717, 1.165) is 18.9 Å². The van der Waals surface area contributed by atoms with Crippen LogP contribution < -0.4 is 19.7 Å². The standard InChI is InChI=1S/C19H24N4O3/c1-13-5-4-8-23(12-13)18-7-6-17(21-22-18)20-19(24)14-9-15(25-2)11-16(10-14)26-3/h6-7,9-11,13H,4-5,8,12H2,1-3H3,(H,20,21,24). The molecular formula is C19H24N4O3. The van der Waals surface area contributed by atoms with E-state index >= 15 is 0 Å². The van der Waals surface area contributed by atoms with Crippen molar-refractivity contribution in [1.82, 2.24) is 10.2 Å². The second-order valence-electron chi connectivity index (χ2n) is 6.53. The van der Waals surface area contributed by atoms with Crippen molar-refractivity contribution < 1.29 is 14.3 Å². The summed E-state index contributed by atoms with van der Waals surface area (Å²) >= 11 is 0. The van der Waals surface area contributed by atoms with E-state index in [-0.39, 0.29) is 5.91 Å². The highest BCUT2D eigenvalue weighted by Crippen LogP contribution is 2.24. The first kappa shape index (κ1) is 18.0. The van der Waals surface area contributed by atoms with Gasteiger partial charge in [0.2, 0.25) is 0 Å². The molecule has 7 nitrogen and oxygen atoms in total. The zero-order valence-electron chi connectivity index (χ0n) is 15.4. The van der Waals surface area contributed by atoms with Crippen LogP contribution >= 0.6 is 0 Å². The molecule has 1 aliphatic heterocycles. The maximum Gasteiger partial charge on any atom is 0.257 e. The number of amides is 1. The maximum absolute atomic E-state index is 12.5. The Morgan fingerprint density at radius 2 is 1.88 bits per heavy atom. The minimum Gasteiger partial charge on any atom is -0.497 e. The number of nitrogens with one attached hydrogen (secondary N) is 1. The lowest BCUT2D eigenvalue weighted by atomic mass is 10.0. The van der Waals surface area contributed by atoms with Crippen LogP contribution in [0, 0.1) is 5.92 Å². The van der Waals surface area contributed by atoms with Crippen molar-refractivity contribution in [1.29, 1.82) is 0 Å². The smallest absolute Gasteiger partial charge is 0.257 e. The summed E-state index contributed by atoms with van der Waals surface area (Å²) in [4.78, 5) is 14.7. The lowest BCUT2D eigenvalue weighted by molar-refractivity contribution is 0.102. The number of anilines is 2. The zero-order chi connectivity index (χ0) is 18.5. The van der Waals surface area contributed by atoms with E-state index in [9.17, 15) is 4.79 Å². The molecule has 7 heteroatoms. The minimum atomic E-state index is -0.296. The van der Waals surface area contributed by atoms with Crippen molar-refractivity contribution in [2.45, 2.75) is 19.8 Å². The molecule has 1 aromatic carbocycles. The molecule has 138 valence electrons. The summed E-state index contributed by atoms with van der Waals surface area (Å²) in [5.41, 5.74) is 0.428. The molecule has 0 aliphatic carbocycles. The Labute approximate surface area is 153 Å². The van der Waals surface area contributed by atoms with Crippen molar-refractivity contribution in [3.8, 4) is 11.5 Å². The first-order chi connectivity index (χ1) is 12.6. The minimum absolute atomic E-state index is 0.296. The Morgan fingerprint density at radius 1 is 1.15 bits per heavy atom. The molecule has 1 unspecified atom stereocenters. The number of piperidine rings is 1. The van der Waals surface area contributed by atoms with Gasteiger partial charge in [0.15, 0.2) is 11.6 Å². The maximum atomic E-state index is 12.5. The van der Waals surface area contributed by atoms with E-state index in [0.29, 0.717) is 28.8 Å². The Balaban J connectivity index is 1.70. The highest BCUT2D eigenvalue weighted by atomic mass is 16.5. The van der Waals surface area contributed by atoms with Gasteiger partial charge in [0.05, 0.1) is 14.2 Å². The largest absolute Gasteiger partial charge is 0.497 e. The van der Waals surface area contributed by atoms with Crippen LogP contribution in [-0.2, 0) is 0 Å². The van der Waals surface area contributed by atoms with Gasteiger partial charge in [0, 0.05) is 24.7 Å². The molecule has 1 atom stereocenters. The quantitative estimate of drug-likeness (QED) is 0.887. The lowest BCUT2D eigenvalue weighted by Gasteiger charge is -2.31. The van der Waals surface area contributed by atoms with Crippen LogP contribution in [0.25, 0.3) is 0 Å². The third-order valence-electron chi connectivity index (χ3n) is 4.49. The molecule has 3 rings (SSSR count). The fourth-order valence-corrected chi connectivity index (χ4v) is 3.09. The molecular weight excluding hydrogens is 332 g/mol.